The van der Waals surface area contributed by atoms with Gasteiger partial charge in [-0.15, -0.1) is 0 Å². The smallest absolute Gasteiger partial charge is 0.122 e. The number of ether oxygens (including phenoxy) is 1. The fourth-order valence-corrected chi connectivity index (χ4v) is 3.00. The van der Waals surface area contributed by atoms with E-state index in [4.69, 9.17) is 4.74 Å². The van der Waals surface area contributed by atoms with Gasteiger partial charge in [-0.3, -0.25) is 0 Å². The van der Waals surface area contributed by atoms with Crippen LogP contribution >= 0.6 is 0 Å². The van der Waals surface area contributed by atoms with Crippen LogP contribution in [0.1, 0.15) is 52.0 Å². The van der Waals surface area contributed by atoms with Crippen molar-refractivity contribution >= 4 is 0 Å². The molecule has 0 aliphatic rings. The molecule has 21 heavy (non-hydrogen) atoms. The number of methoxy groups -OCH3 is 1. The summed E-state index contributed by atoms with van der Waals surface area (Å²) < 4.78 is 5.51. The van der Waals surface area contributed by atoms with Crippen LogP contribution in [0, 0.1) is 11.8 Å². The van der Waals surface area contributed by atoms with Crippen LogP contribution in [-0.4, -0.2) is 20.2 Å². The Morgan fingerprint density at radius 3 is 2.38 bits per heavy atom. The third-order valence-corrected chi connectivity index (χ3v) is 4.38. The minimum absolute atomic E-state index is 0.692. The molecule has 0 aromatic heterocycles. The minimum atomic E-state index is 0.692. The van der Waals surface area contributed by atoms with Crippen molar-refractivity contribution in [3.05, 3.63) is 29.8 Å². The molecule has 0 saturated heterocycles. The van der Waals surface area contributed by atoms with Crippen LogP contribution in [0.15, 0.2) is 24.3 Å². The largest absolute Gasteiger partial charge is 0.496 e. The quantitative estimate of drug-likeness (QED) is 0.598. The highest BCUT2D eigenvalue weighted by molar-refractivity contribution is 5.33. The van der Waals surface area contributed by atoms with E-state index in [1.54, 1.807) is 7.11 Å². The van der Waals surface area contributed by atoms with E-state index >= 15 is 0 Å². The Labute approximate surface area is 131 Å². The number of rotatable bonds is 11. The van der Waals surface area contributed by atoms with Gasteiger partial charge in [0.2, 0.25) is 0 Å². The molecule has 0 aliphatic carbocycles. The van der Waals surface area contributed by atoms with Gasteiger partial charge in [-0.25, -0.2) is 0 Å². The average Bonchev–Trinajstić information content (AvgIpc) is 2.53. The number of hydrogen-bond donors (Lipinski definition) is 1. The van der Waals surface area contributed by atoms with Crippen LogP contribution in [0.4, 0.5) is 0 Å². The van der Waals surface area contributed by atoms with E-state index < -0.39 is 0 Å². The Balaban J connectivity index is 2.70. The Hall–Kier alpha value is -1.02. The van der Waals surface area contributed by atoms with Crippen LogP contribution in [0.25, 0.3) is 0 Å². The highest BCUT2D eigenvalue weighted by Gasteiger charge is 2.16. The van der Waals surface area contributed by atoms with Crippen molar-refractivity contribution in [1.29, 1.82) is 0 Å². The van der Waals surface area contributed by atoms with Crippen molar-refractivity contribution in [2.45, 2.75) is 52.9 Å². The van der Waals surface area contributed by atoms with Gasteiger partial charge in [0.1, 0.15) is 5.75 Å². The van der Waals surface area contributed by atoms with Gasteiger partial charge < -0.3 is 10.1 Å². The topological polar surface area (TPSA) is 21.3 Å². The lowest BCUT2D eigenvalue weighted by Gasteiger charge is -2.23. The summed E-state index contributed by atoms with van der Waals surface area (Å²) in [6, 6.07) is 8.45. The second-order valence-corrected chi connectivity index (χ2v) is 6.00. The molecule has 1 aromatic carbocycles. The predicted molar refractivity (Wildman–Crippen MR) is 92.0 cm³/mol. The van der Waals surface area contributed by atoms with Gasteiger partial charge in [-0.2, -0.15) is 0 Å². The number of nitrogens with one attached hydrogen (secondary N) is 1. The van der Waals surface area contributed by atoms with E-state index in [-0.39, 0.29) is 0 Å². The second kappa shape index (κ2) is 10.7. The Bertz CT molecular complexity index is 374. The molecule has 0 aliphatic heterocycles. The molecule has 120 valence electrons. The SMILES string of the molecule is CCCNCC(Cc1ccccc1OC)CC(CC)CC. The first-order valence-electron chi connectivity index (χ1n) is 8.57. The molecule has 1 N–H and O–H groups in total. The van der Waals surface area contributed by atoms with Crippen LogP contribution in [-0.2, 0) is 6.42 Å². The van der Waals surface area contributed by atoms with Crippen molar-refractivity contribution < 1.29 is 4.74 Å². The second-order valence-electron chi connectivity index (χ2n) is 6.00. The van der Waals surface area contributed by atoms with E-state index in [1.807, 2.05) is 6.07 Å². The zero-order valence-corrected chi connectivity index (χ0v) is 14.3. The summed E-state index contributed by atoms with van der Waals surface area (Å²) >= 11 is 0. The van der Waals surface area contributed by atoms with Crippen molar-refractivity contribution in [2.24, 2.45) is 11.8 Å². The molecular weight excluding hydrogens is 258 g/mol. The van der Waals surface area contributed by atoms with Crippen LogP contribution in [0.5, 0.6) is 5.75 Å². The van der Waals surface area contributed by atoms with Gasteiger partial charge in [0.15, 0.2) is 0 Å². The fourth-order valence-electron chi connectivity index (χ4n) is 3.00. The Kier molecular flexibility index (Phi) is 9.16. The summed E-state index contributed by atoms with van der Waals surface area (Å²) in [5.74, 6) is 2.56. The molecule has 0 bridgehead atoms. The third-order valence-electron chi connectivity index (χ3n) is 4.38. The van der Waals surface area contributed by atoms with Gasteiger partial charge in [0.05, 0.1) is 7.11 Å². The Morgan fingerprint density at radius 1 is 1.05 bits per heavy atom. The van der Waals surface area contributed by atoms with E-state index in [9.17, 15) is 0 Å². The van der Waals surface area contributed by atoms with Gasteiger partial charge in [-0.1, -0.05) is 51.8 Å². The Morgan fingerprint density at radius 2 is 1.76 bits per heavy atom. The van der Waals surface area contributed by atoms with Crippen molar-refractivity contribution in [2.75, 3.05) is 20.2 Å². The zero-order valence-electron chi connectivity index (χ0n) is 14.3. The number of benzene rings is 1. The lowest BCUT2D eigenvalue weighted by atomic mass is 9.86. The molecule has 1 aromatic rings. The molecule has 2 heteroatoms. The number of para-hydroxylation sites is 1. The summed E-state index contributed by atoms with van der Waals surface area (Å²) in [5.41, 5.74) is 1.34. The first-order valence-corrected chi connectivity index (χ1v) is 8.57. The van der Waals surface area contributed by atoms with E-state index in [0.717, 1.165) is 31.2 Å². The highest BCUT2D eigenvalue weighted by atomic mass is 16.5. The third kappa shape index (κ3) is 6.52. The standard InChI is InChI=1S/C19H33NO/c1-5-12-20-15-17(13-16(6-2)7-3)14-18-10-8-9-11-19(18)21-4/h8-11,16-17,20H,5-7,12-15H2,1-4H3. The van der Waals surface area contributed by atoms with Crippen molar-refractivity contribution in [1.82, 2.24) is 5.32 Å². The maximum atomic E-state index is 5.51. The predicted octanol–water partition coefficient (Wildman–Crippen LogP) is 4.68. The van der Waals surface area contributed by atoms with Crippen molar-refractivity contribution in [3.8, 4) is 5.75 Å². The lowest BCUT2D eigenvalue weighted by Crippen LogP contribution is -2.26. The summed E-state index contributed by atoms with van der Waals surface area (Å²) in [7, 11) is 1.77. The maximum absolute atomic E-state index is 5.51. The monoisotopic (exact) mass is 291 g/mol. The van der Waals surface area contributed by atoms with Crippen LogP contribution in [0.3, 0.4) is 0 Å². The van der Waals surface area contributed by atoms with E-state index in [2.05, 4.69) is 44.3 Å². The molecule has 1 atom stereocenters. The summed E-state index contributed by atoms with van der Waals surface area (Å²) in [6.07, 6.45) is 6.19. The lowest BCUT2D eigenvalue weighted by molar-refractivity contribution is 0.333. The zero-order chi connectivity index (χ0) is 15.5. The molecule has 0 spiro atoms. The van der Waals surface area contributed by atoms with Crippen LogP contribution in [0.2, 0.25) is 0 Å². The molecule has 0 saturated carbocycles. The van der Waals surface area contributed by atoms with Crippen molar-refractivity contribution in [3.63, 3.8) is 0 Å². The average molecular weight is 291 g/mol. The van der Waals surface area contributed by atoms with Gasteiger partial charge in [-0.05, 0) is 55.8 Å². The van der Waals surface area contributed by atoms with Gasteiger partial charge in [0.25, 0.3) is 0 Å². The van der Waals surface area contributed by atoms with E-state index in [1.165, 1.54) is 31.2 Å². The molecular formula is C19H33NO. The number of hydrogen-bond acceptors (Lipinski definition) is 2. The summed E-state index contributed by atoms with van der Waals surface area (Å²) in [5, 5.41) is 3.61. The summed E-state index contributed by atoms with van der Waals surface area (Å²) in [4.78, 5) is 0. The highest BCUT2D eigenvalue weighted by Crippen LogP contribution is 2.26. The van der Waals surface area contributed by atoms with Gasteiger partial charge in [0, 0.05) is 0 Å². The normalized spacial score (nSPS) is 12.6. The fraction of sp³-hybridized carbons (Fsp3) is 0.684. The molecule has 0 radical (unpaired) electrons. The van der Waals surface area contributed by atoms with Gasteiger partial charge >= 0.3 is 0 Å². The first-order chi connectivity index (χ1) is 10.2. The summed E-state index contributed by atoms with van der Waals surface area (Å²) in [6.45, 7) is 9.08. The molecule has 0 heterocycles. The first kappa shape index (κ1) is 18.0. The molecule has 1 unspecified atom stereocenters. The molecule has 0 amide bonds. The molecule has 0 fully saturated rings. The molecule has 1 rings (SSSR count). The van der Waals surface area contributed by atoms with Crippen LogP contribution < -0.4 is 10.1 Å². The van der Waals surface area contributed by atoms with E-state index in [0.29, 0.717) is 5.92 Å². The molecule has 2 nitrogen and oxygen atoms in total. The maximum Gasteiger partial charge on any atom is 0.122 e. The minimum Gasteiger partial charge on any atom is -0.496 e.